The van der Waals surface area contributed by atoms with Crippen LogP contribution in [0.3, 0.4) is 0 Å². The number of amidine groups is 1. The summed E-state index contributed by atoms with van der Waals surface area (Å²) in [6.45, 7) is 25.1. The highest BCUT2D eigenvalue weighted by atomic mass is 16.7. The molecule has 3 aliphatic heterocycles. The van der Waals surface area contributed by atoms with Crippen LogP contribution in [0.1, 0.15) is 191 Å². The molecule has 11 heteroatoms. The van der Waals surface area contributed by atoms with Crippen molar-refractivity contribution in [3.05, 3.63) is 0 Å². The van der Waals surface area contributed by atoms with Crippen molar-refractivity contribution in [2.45, 2.75) is 244 Å². The van der Waals surface area contributed by atoms with E-state index in [1.54, 1.807) is 5.01 Å². The minimum absolute atomic E-state index is 0.0192. The van der Waals surface area contributed by atoms with Gasteiger partial charge in [0, 0.05) is 36.6 Å². The molecule has 5 aliphatic rings. The molecule has 0 spiro atoms. The van der Waals surface area contributed by atoms with E-state index in [1.165, 1.54) is 38.5 Å². The molecule has 3 atom stereocenters. The van der Waals surface area contributed by atoms with Gasteiger partial charge in [-0.25, -0.2) is 10.8 Å². The molecule has 4 fully saturated rings. The van der Waals surface area contributed by atoms with E-state index in [0.29, 0.717) is 12.3 Å². The molecule has 0 aromatic heterocycles. The number of hydroxylamine groups is 4. The summed E-state index contributed by atoms with van der Waals surface area (Å²) in [6.07, 6.45) is 20.9. The normalized spacial score (nSPS) is 29.6. The number of nitrogens with two attached hydrogens (primary N) is 1. The second kappa shape index (κ2) is 18.5. The molecule has 3 unspecified atom stereocenters. The largest absolute Gasteiger partial charge is 0.396 e. The quantitative estimate of drug-likeness (QED) is 0.160. The Morgan fingerprint density at radius 2 is 1.19 bits per heavy atom. The SMILES string of the molecule is CCCCN(C1=NC(N(CCCC)C2CCC(C)(C)N(OC3CCCCC3)C2(C)C)N(N)C(CCO)=N1)C1CCC(C)(C)N(OC2CCCCC2)C1(C)C. The summed E-state index contributed by atoms with van der Waals surface area (Å²) in [7, 11) is 0. The molecule has 2 saturated carbocycles. The second-order valence-electron chi connectivity index (χ2n) is 19.7. The standard InChI is InChI=1S/C43H82N8O3/c1-11-13-30-47(35-25-28-40(3,4)50(42(35,7)8)53-33-21-17-15-18-22-33)38-45-37(27-32-52)49(44)39(46-38)48(31-14-12-2)36-26-29-41(5,6)51(43(36,9)10)54-34-23-19-16-20-24-34/h33-36,39,52H,11-32,44H2,1-10H3. The van der Waals surface area contributed by atoms with Crippen molar-refractivity contribution in [1.82, 2.24) is 24.9 Å². The van der Waals surface area contributed by atoms with Gasteiger partial charge in [-0.05, 0) is 120 Å². The van der Waals surface area contributed by atoms with E-state index in [4.69, 9.17) is 25.5 Å². The van der Waals surface area contributed by atoms with Gasteiger partial charge in [-0.1, -0.05) is 65.2 Å². The minimum Gasteiger partial charge on any atom is -0.396 e. The van der Waals surface area contributed by atoms with Crippen LogP contribution in [0.25, 0.3) is 0 Å². The van der Waals surface area contributed by atoms with Crippen LogP contribution in [0.2, 0.25) is 0 Å². The third kappa shape index (κ3) is 9.67. The zero-order chi connectivity index (χ0) is 39.3. The molecule has 0 bridgehead atoms. The van der Waals surface area contributed by atoms with Crippen LogP contribution in [0, 0.1) is 0 Å². The average Bonchev–Trinajstić information content (AvgIpc) is 3.12. The molecule has 2 saturated heterocycles. The molecule has 0 radical (unpaired) electrons. The Hall–Kier alpha value is -1.34. The Labute approximate surface area is 330 Å². The van der Waals surface area contributed by atoms with Crippen LogP contribution in [0.5, 0.6) is 0 Å². The van der Waals surface area contributed by atoms with Crippen molar-refractivity contribution in [3.8, 4) is 0 Å². The van der Waals surface area contributed by atoms with Crippen molar-refractivity contribution in [1.29, 1.82) is 0 Å². The van der Waals surface area contributed by atoms with Gasteiger partial charge in [-0.15, -0.1) is 0 Å². The van der Waals surface area contributed by atoms with Gasteiger partial charge in [-0.2, -0.15) is 15.1 Å². The third-order valence-corrected chi connectivity index (χ3v) is 13.6. The number of hydrazine groups is 1. The molecular formula is C43H82N8O3. The number of hydrogen-bond donors (Lipinski definition) is 2. The summed E-state index contributed by atoms with van der Waals surface area (Å²) in [5, 5.41) is 16.9. The van der Waals surface area contributed by atoms with Crippen molar-refractivity contribution in [2.24, 2.45) is 15.8 Å². The first-order valence-electron chi connectivity index (χ1n) is 22.3. The predicted molar refractivity (Wildman–Crippen MR) is 222 cm³/mol. The monoisotopic (exact) mass is 759 g/mol. The first-order chi connectivity index (χ1) is 25.6. The minimum atomic E-state index is -0.450. The van der Waals surface area contributed by atoms with Crippen molar-refractivity contribution in [2.75, 3.05) is 19.7 Å². The van der Waals surface area contributed by atoms with Gasteiger partial charge >= 0.3 is 0 Å². The number of piperidine rings is 2. The Morgan fingerprint density at radius 1 is 0.704 bits per heavy atom. The van der Waals surface area contributed by atoms with E-state index >= 15 is 0 Å². The van der Waals surface area contributed by atoms with Gasteiger partial charge in [0.1, 0.15) is 5.84 Å². The number of aliphatic hydroxyl groups is 1. The first-order valence-corrected chi connectivity index (χ1v) is 22.3. The molecule has 2 aliphatic carbocycles. The maximum absolute atomic E-state index is 10.4. The molecule has 312 valence electrons. The Morgan fingerprint density at radius 3 is 1.69 bits per heavy atom. The molecular weight excluding hydrogens is 677 g/mol. The van der Waals surface area contributed by atoms with Gasteiger partial charge in [-0.3, -0.25) is 19.6 Å². The highest BCUT2D eigenvalue weighted by molar-refractivity contribution is 5.98. The van der Waals surface area contributed by atoms with E-state index in [0.717, 1.165) is 96.1 Å². The van der Waals surface area contributed by atoms with Gasteiger partial charge < -0.3 is 10.0 Å². The van der Waals surface area contributed by atoms with Crippen LogP contribution < -0.4 is 5.84 Å². The van der Waals surface area contributed by atoms with E-state index in [9.17, 15) is 5.11 Å². The molecule has 3 N–H and O–H groups in total. The summed E-state index contributed by atoms with van der Waals surface area (Å²) in [4.78, 5) is 30.0. The Kier molecular flexibility index (Phi) is 15.0. The molecule has 3 heterocycles. The molecule has 0 amide bonds. The van der Waals surface area contributed by atoms with Gasteiger partial charge in [0.05, 0.1) is 35.9 Å². The van der Waals surface area contributed by atoms with E-state index in [-0.39, 0.29) is 53.1 Å². The van der Waals surface area contributed by atoms with E-state index in [1.807, 2.05) is 0 Å². The van der Waals surface area contributed by atoms with E-state index < -0.39 is 6.29 Å². The third-order valence-electron chi connectivity index (χ3n) is 13.6. The fourth-order valence-electron chi connectivity index (χ4n) is 10.7. The average molecular weight is 759 g/mol. The van der Waals surface area contributed by atoms with Gasteiger partial charge in [0.25, 0.3) is 0 Å². The Bertz CT molecular complexity index is 1240. The Balaban J connectivity index is 1.53. The summed E-state index contributed by atoms with van der Waals surface area (Å²) < 4.78 is 0. The van der Waals surface area contributed by atoms with Crippen molar-refractivity contribution >= 4 is 11.8 Å². The fraction of sp³-hybridized carbons (Fsp3) is 0.953. The van der Waals surface area contributed by atoms with Crippen LogP contribution in [0.4, 0.5) is 0 Å². The topological polar surface area (TPSA) is 106 Å². The number of aliphatic imine (C=N–C) groups is 2. The van der Waals surface area contributed by atoms with Crippen LogP contribution in [-0.2, 0) is 9.68 Å². The summed E-state index contributed by atoms with van der Waals surface area (Å²) >= 11 is 0. The summed E-state index contributed by atoms with van der Waals surface area (Å²) in [5.41, 5.74) is -0.783. The lowest BCUT2D eigenvalue weighted by molar-refractivity contribution is -0.322. The van der Waals surface area contributed by atoms with Crippen LogP contribution in [-0.4, -0.2) is 114 Å². The number of aliphatic hydroxyl groups excluding tert-OH is 1. The molecule has 54 heavy (non-hydrogen) atoms. The van der Waals surface area contributed by atoms with Crippen LogP contribution in [0.15, 0.2) is 9.98 Å². The molecule has 0 aromatic carbocycles. The first kappa shape index (κ1) is 43.8. The zero-order valence-corrected chi connectivity index (χ0v) is 36.4. The number of unbranched alkanes of at least 4 members (excludes halogenated alkanes) is 2. The highest BCUT2D eigenvalue weighted by Gasteiger charge is 2.54. The van der Waals surface area contributed by atoms with Crippen molar-refractivity contribution in [3.63, 3.8) is 0 Å². The fourth-order valence-corrected chi connectivity index (χ4v) is 10.7. The van der Waals surface area contributed by atoms with Crippen LogP contribution >= 0.6 is 0 Å². The lowest BCUT2D eigenvalue weighted by Crippen LogP contribution is -2.72. The number of hydrogen-bond acceptors (Lipinski definition) is 11. The zero-order valence-electron chi connectivity index (χ0n) is 36.4. The van der Waals surface area contributed by atoms with E-state index in [2.05, 4.69) is 89.2 Å². The molecule has 0 aromatic rings. The summed E-state index contributed by atoms with van der Waals surface area (Å²) in [5.74, 6) is 8.57. The number of rotatable bonds is 15. The lowest BCUT2D eigenvalue weighted by Gasteiger charge is -2.60. The van der Waals surface area contributed by atoms with Gasteiger partial charge in [0.2, 0.25) is 5.96 Å². The maximum Gasteiger partial charge on any atom is 0.226 e. The summed E-state index contributed by atoms with van der Waals surface area (Å²) in [6, 6.07) is 0.282. The molecule has 5 rings (SSSR count). The lowest BCUT2D eigenvalue weighted by atomic mass is 9.77. The smallest absolute Gasteiger partial charge is 0.226 e. The maximum atomic E-state index is 10.4. The highest BCUT2D eigenvalue weighted by Crippen LogP contribution is 2.45. The second-order valence-corrected chi connectivity index (χ2v) is 19.7. The number of nitrogens with zero attached hydrogens (tertiary/aromatic N) is 7. The molecule has 11 nitrogen and oxygen atoms in total. The van der Waals surface area contributed by atoms with Crippen molar-refractivity contribution < 1.29 is 14.8 Å². The van der Waals surface area contributed by atoms with Gasteiger partial charge in [0.15, 0.2) is 6.29 Å². The number of guanidine groups is 1. The predicted octanol–water partition coefficient (Wildman–Crippen LogP) is 8.37.